The predicted molar refractivity (Wildman–Crippen MR) is 91.7 cm³/mol. The molecular weight excluding hydrogens is 276 g/mol. The first-order valence-electron chi connectivity index (χ1n) is 7.86. The van der Waals surface area contributed by atoms with Gasteiger partial charge in [-0.2, -0.15) is 0 Å². The van der Waals surface area contributed by atoms with Gasteiger partial charge in [-0.05, 0) is 37.0 Å². The van der Waals surface area contributed by atoms with E-state index in [0.29, 0.717) is 6.61 Å². The Hall–Kier alpha value is -1.06. The molecule has 1 aromatic carbocycles. The van der Waals surface area contributed by atoms with E-state index < -0.39 is 8.32 Å². The van der Waals surface area contributed by atoms with Crippen LogP contribution in [0.15, 0.2) is 36.4 Å². The Morgan fingerprint density at radius 3 is 2.48 bits per heavy atom. The average Bonchev–Trinajstić information content (AvgIpc) is 2.45. The van der Waals surface area contributed by atoms with Gasteiger partial charge in [0.1, 0.15) is 11.9 Å². The highest BCUT2D eigenvalue weighted by Gasteiger charge is 2.37. The van der Waals surface area contributed by atoms with Crippen LogP contribution in [-0.2, 0) is 9.16 Å². The highest BCUT2D eigenvalue weighted by Crippen LogP contribution is 2.37. The Kier molecular flexibility index (Phi) is 4.94. The minimum Gasteiger partial charge on any atom is -0.488 e. The number of rotatable bonds is 4. The second-order valence-corrected chi connectivity index (χ2v) is 12.1. The maximum absolute atomic E-state index is 6.30. The third kappa shape index (κ3) is 4.21. The van der Waals surface area contributed by atoms with E-state index in [-0.39, 0.29) is 11.1 Å². The summed E-state index contributed by atoms with van der Waals surface area (Å²) >= 11 is 0. The zero-order chi connectivity index (χ0) is 15.5. The Labute approximate surface area is 130 Å². The molecule has 0 saturated carbocycles. The minimum atomic E-state index is -1.69. The molecule has 0 aromatic heterocycles. The molecule has 2 nitrogen and oxygen atoms in total. The van der Waals surface area contributed by atoms with E-state index in [0.717, 1.165) is 24.2 Å². The highest BCUT2D eigenvalue weighted by molar-refractivity contribution is 6.74. The summed E-state index contributed by atoms with van der Waals surface area (Å²) < 4.78 is 12.4. The molecule has 0 amide bonds. The molecule has 0 bridgehead atoms. The molecule has 2 rings (SSSR count). The van der Waals surface area contributed by atoms with E-state index in [1.165, 1.54) is 0 Å². The lowest BCUT2D eigenvalue weighted by atomic mass is 10.1. The van der Waals surface area contributed by atoms with Crippen molar-refractivity contribution in [2.24, 2.45) is 0 Å². The van der Waals surface area contributed by atoms with Gasteiger partial charge in [0.05, 0.1) is 6.61 Å². The SMILES string of the molecule is CC(C)(C)[Si](C)(C)OCC1CCC=C(c2ccccc2)O1. The van der Waals surface area contributed by atoms with Crippen LogP contribution in [-0.4, -0.2) is 21.0 Å². The normalized spacial score (nSPS) is 19.9. The number of hydrogen-bond donors (Lipinski definition) is 0. The van der Waals surface area contributed by atoms with Crippen molar-refractivity contribution in [2.45, 2.75) is 57.8 Å². The Bertz CT molecular complexity index is 486. The fraction of sp³-hybridized carbons (Fsp3) is 0.556. The van der Waals surface area contributed by atoms with Crippen LogP contribution in [0.5, 0.6) is 0 Å². The van der Waals surface area contributed by atoms with E-state index in [2.05, 4.69) is 64.2 Å². The predicted octanol–water partition coefficient (Wildman–Crippen LogP) is 5.23. The summed E-state index contributed by atoms with van der Waals surface area (Å²) in [6.07, 6.45) is 4.48. The molecule has 1 aliphatic rings. The summed E-state index contributed by atoms with van der Waals surface area (Å²) in [6, 6.07) is 10.3. The molecule has 0 N–H and O–H groups in total. The van der Waals surface area contributed by atoms with Gasteiger partial charge >= 0.3 is 0 Å². The topological polar surface area (TPSA) is 18.5 Å². The average molecular weight is 305 g/mol. The molecule has 1 unspecified atom stereocenters. The molecule has 1 heterocycles. The molecule has 0 spiro atoms. The fourth-order valence-corrected chi connectivity index (χ4v) is 3.15. The second kappa shape index (κ2) is 6.37. The summed E-state index contributed by atoms with van der Waals surface area (Å²) in [6.45, 7) is 12.1. The first-order chi connectivity index (χ1) is 9.79. The number of hydrogen-bond acceptors (Lipinski definition) is 2. The van der Waals surface area contributed by atoms with Crippen molar-refractivity contribution in [1.29, 1.82) is 0 Å². The fourth-order valence-electron chi connectivity index (χ4n) is 2.11. The van der Waals surface area contributed by atoms with Crippen molar-refractivity contribution in [3.05, 3.63) is 42.0 Å². The van der Waals surface area contributed by atoms with Gasteiger partial charge in [-0.1, -0.05) is 51.1 Å². The third-order valence-corrected chi connectivity index (χ3v) is 9.11. The largest absolute Gasteiger partial charge is 0.488 e. The van der Waals surface area contributed by atoms with Crippen LogP contribution < -0.4 is 0 Å². The lowest BCUT2D eigenvalue weighted by molar-refractivity contribution is 0.0833. The van der Waals surface area contributed by atoms with Crippen LogP contribution in [0.25, 0.3) is 5.76 Å². The number of ether oxygens (including phenoxy) is 1. The zero-order valence-electron chi connectivity index (χ0n) is 14.0. The quantitative estimate of drug-likeness (QED) is 0.709. The van der Waals surface area contributed by atoms with Gasteiger partial charge in [0.25, 0.3) is 0 Å². The van der Waals surface area contributed by atoms with Gasteiger partial charge in [0, 0.05) is 5.56 Å². The molecule has 0 saturated heterocycles. The molecule has 1 aliphatic heterocycles. The first-order valence-corrected chi connectivity index (χ1v) is 10.8. The van der Waals surface area contributed by atoms with E-state index in [9.17, 15) is 0 Å². The molecule has 0 fully saturated rings. The second-order valence-electron chi connectivity index (χ2n) is 7.32. The van der Waals surface area contributed by atoms with Crippen LogP contribution in [0.4, 0.5) is 0 Å². The number of benzene rings is 1. The van der Waals surface area contributed by atoms with Gasteiger partial charge in [-0.25, -0.2) is 0 Å². The lowest BCUT2D eigenvalue weighted by Crippen LogP contribution is -2.43. The van der Waals surface area contributed by atoms with Crippen molar-refractivity contribution < 1.29 is 9.16 Å². The van der Waals surface area contributed by atoms with Gasteiger partial charge in [0.2, 0.25) is 0 Å². The van der Waals surface area contributed by atoms with Crippen LogP contribution in [0.2, 0.25) is 18.1 Å². The van der Waals surface area contributed by atoms with Crippen molar-refractivity contribution in [3.8, 4) is 0 Å². The summed E-state index contributed by atoms with van der Waals surface area (Å²) in [5.74, 6) is 1.01. The molecule has 116 valence electrons. The smallest absolute Gasteiger partial charge is 0.192 e. The van der Waals surface area contributed by atoms with Crippen LogP contribution in [0.1, 0.15) is 39.2 Å². The Morgan fingerprint density at radius 1 is 1.19 bits per heavy atom. The Morgan fingerprint density at radius 2 is 1.86 bits per heavy atom. The van der Waals surface area contributed by atoms with Crippen molar-refractivity contribution >= 4 is 14.1 Å². The zero-order valence-corrected chi connectivity index (χ0v) is 15.0. The van der Waals surface area contributed by atoms with E-state index in [4.69, 9.17) is 9.16 Å². The highest BCUT2D eigenvalue weighted by atomic mass is 28.4. The van der Waals surface area contributed by atoms with Gasteiger partial charge in [-0.15, -0.1) is 0 Å². The van der Waals surface area contributed by atoms with Crippen molar-refractivity contribution in [1.82, 2.24) is 0 Å². The number of allylic oxidation sites excluding steroid dienone is 1. The molecule has 1 aromatic rings. The standard InChI is InChI=1S/C18H28O2Si/c1-18(2,3)21(4,5)19-14-16-12-9-13-17(20-16)15-10-7-6-8-11-15/h6-8,10-11,13,16H,9,12,14H2,1-5H3. The minimum absolute atomic E-state index is 0.180. The van der Waals surface area contributed by atoms with Gasteiger partial charge in [0.15, 0.2) is 8.32 Å². The van der Waals surface area contributed by atoms with Gasteiger partial charge < -0.3 is 9.16 Å². The maximum Gasteiger partial charge on any atom is 0.192 e. The van der Waals surface area contributed by atoms with Crippen LogP contribution in [0, 0.1) is 0 Å². The molecule has 0 radical (unpaired) electrons. The summed E-state index contributed by atoms with van der Waals surface area (Å²) in [7, 11) is -1.69. The molecule has 0 aliphatic carbocycles. The summed E-state index contributed by atoms with van der Waals surface area (Å²) in [4.78, 5) is 0. The summed E-state index contributed by atoms with van der Waals surface area (Å²) in [5.41, 5.74) is 1.16. The monoisotopic (exact) mass is 304 g/mol. The lowest BCUT2D eigenvalue weighted by Gasteiger charge is -2.37. The van der Waals surface area contributed by atoms with Crippen LogP contribution in [0.3, 0.4) is 0 Å². The van der Waals surface area contributed by atoms with Crippen LogP contribution >= 0.6 is 0 Å². The third-order valence-electron chi connectivity index (χ3n) is 4.61. The van der Waals surface area contributed by atoms with Crippen molar-refractivity contribution in [3.63, 3.8) is 0 Å². The molecule has 21 heavy (non-hydrogen) atoms. The van der Waals surface area contributed by atoms with Gasteiger partial charge in [-0.3, -0.25) is 0 Å². The van der Waals surface area contributed by atoms with E-state index in [1.54, 1.807) is 0 Å². The molecular formula is C18H28O2Si. The first kappa shape index (κ1) is 16.3. The summed E-state index contributed by atoms with van der Waals surface area (Å²) in [5, 5.41) is 0.250. The molecule has 3 heteroatoms. The maximum atomic E-state index is 6.30. The Balaban J connectivity index is 1.94. The molecule has 1 atom stereocenters. The van der Waals surface area contributed by atoms with Crippen molar-refractivity contribution in [2.75, 3.05) is 6.61 Å². The van der Waals surface area contributed by atoms with E-state index >= 15 is 0 Å². The van der Waals surface area contributed by atoms with E-state index in [1.807, 2.05) is 6.07 Å².